The van der Waals surface area contributed by atoms with Crippen LogP contribution in [0, 0.1) is 0 Å². The average molecular weight is 320 g/mol. The molecule has 0 unspecified atom stereocenters. The third-order valence-electron chi connectivity index (χ3n) is 3.31. The third-order valence-corrected chi connectivity index (χ3v) is 5.14. The first-order valence-corrected chi connectivity index (χ1v) is 8.32. The lowest BCUT2D eigenvalue weighted by atomic mass is 9.98. The summed E-state index contributed by atoms with van der Waals surface area (Å²) in [4.78, 5) is 11.1. The van der Waals surface area contributed by atoms with Crippen molar-refractivity contribution in [3.05, 3.63) is 60.2 Å². The molecule has 2 aromatic carbocycles. The quantitative estimate of drug-likeness (QED) is 0.853. The van der Waals surface area contributed by atoms with Crippen molar-refractivity contribution in [1.82, 2.24) is 0 Å². The number of carboxylic acids is 1. The molecule has 0 saturated carbocycles. The minimum Gasteiger partial charge on any atom is -0.508 e. The van der Waals surface area contributed by atoms with Crippen LogP contribution in [0.5, 0.6) is 5.75 Å². The molecule has 22 heavy (non-hydrogen) atoms. The van der Waals surface area contributed by atoms with Crippen LogP contribution in [0.3, 0.4) is 0 Å². The molecule has 0 saturated heterocycles. The molecule has 5 nitrogen and oxygen atoms in total. The van der Waals surface area contributed by atoms with Gasteiger partial charge in [-0.15, -0.1) is 0 Å². The molecular weight excluding hydrogens is 304 g/mol. The Morgan fingerprint density at radius 1 is 1.00 bits per heavy atom. The number of aliphatic carboxylic acids is 1. The molecule has 2 N–H and O–H groups in total. The van der Waals surface area contributed by atoms with Gasteiger partial charge in [0.2, 0.25) is 0 Å². The van der Waals surface area contributed by atoms with Crippen molar-refractivity contribution < 1.29 is 23.4 Å². The van der Waals surface area contributed by atoms with Crippen molar-refractivity contribution in [2.24, 2.45) is 0 Å². The SMILES string of the molecule is O=C(O)C[C@H](CS(=O)(=O)c1ccc(O)cc1)c1ccccc1. The normalized spacial score (nSPS) is 12.7. The van der Waals surface area contributed by atoms with E-state index in [1.165, 1.54) is 24.3 Å². The average Bonchev–Trinajstić information content (AvgIpc) is 2.47. The maximum absolute atomic E-state index is 12.4. The van der Waals surface area contributed by atoms with Crippen molar-refractivity contribution in [3.8, 4) is 5.75 Å². The molecule has 0 fully saturated rings. The van der Waals surface area contributed by atoms with Crippen LogP contribution >= 0.6 is 0 Å². The number of carbonyl (C=O) groups is 1. The number of phenols is 1. The predicted octanol–water partition coefficient (Wildman–Crippen LogP) is 2.42. The van der Waals surface area contributed by atoms with Crippen molar-refractivity contribution in [3.63, 3.8) is 0 Å². The second-order valence-electron chi connectivity index (χ2n) is 4.98. The van der Waals surface area contributed by atoms with Gasteiger partial charge in [0.25, 0.3) is 0 Å². The molecule has 116 valence electrons. The summed E-state index contributed by atoms with van der Waals surface area (Å²) in [5, 5.41) is 18.2. The second kappa shape index (κ2) is 6.62. The minimum absolute atomic E-state index is 0.0240. The highest BCUT2D eigenvalue weighted by molar-refractivity contribution is 7.91. The standard InChI is InChI=1S/C16H16O5S/c17-14-6-8-15(9-7-14)22(20,21)11-13(10-16(18)19)12-4-2-1-3-5-12/h1-9,13,17H,10-11H2,(H,18,19)/t13-/m1/s1. The van der Waals surface area contributed by atoms with Gasteiger partial charge in [-0.1, -0.05) is 30.3 Å². The molecule has 2 rings (SSSR count). The van der Waals surface area contributed by atoms with Crippen LogP contribution in [0.2, 0.25) is 0 Å². The molecule has 0 aliphatic carbocycles. The fourth-order valence-electron chi connectivity index (χ4n) is 2.22. The van der Waals surface area contributed by atoms with E-state index in [1.54, 1.807) is 30.3 Å². The van der Waals surface area contributed by atoms with Crippen molar-refractivity contribution in [2.45, 2.75) is 17.2 Å². The molecule has 0 radical (unpaired) electrons. The van der Waals surface area contributed by atoms with Crippen LogP contribution in [0.1, 0.15) is 17.9 Å². The van der Waals surface area contributed by atoms with E-state index >= 15 is 0 Å². The number of aromatic hydroxyl groups is 1. The number of phenolic OH excluding ortho intramolecular Hbond substituents is 1. The van der Waals surface area contributed by atoms with Gasteiger partial charge in [0.1, 0.15) is 5.75 Å². The number of benzene rings is 2. The van der Waals surface area contributed by atoms with E-state index in [9.17, 15) is 18.3 Å². The summed E-state index contributed by atoms with van der Waals surface area (Å²) in [6, 6.07) is 13.9. The summed E-state index contributed by atoms with van der Waals surface area (Å²) in [6.45, 7) is 0. The summed E-state index contributed by atoms with van der Waals surface area (Å²) >= 11 is 0. The Balaban J connectivity index is 2.30. The van der Waals surface area contributed by atoms with Gasteiger partial charge in [0.15, 0.2) is 9.84 Å². The highest BCUT2D eigenvalue weighted by atomic mass is 32.2. The topological polar surface area (TPSA) is 91.7 Å². The maximum atomic E-state index is 12.4. The van der Waals surface area contributed by atoms with Gasteiger partial charge in [-0.2, -0.15) is 0 Å². The van der Waals surface area contributed by atoms with Crippen molar-refractivity contribution in [1.29, 1.82) is 0 Å². The molecule has 0 aliphatic rings. The van der Waals surface area contributed by atoms with E-state index in [0.717, 1.165) is 0 Å². The van der Waals surface area contributed by atoms with E-state index in [1.807, 2.05) is 0 Å². The van der Waals surface area contributed by atoms with Crippen LogP contribution in [0.15, 0.2) is 59.5 Å². The molecule has 0 aliphatic heterocycles. The number of carboxylic acid groups (broad SMARTS) is 1. The Kier molecular flexibility index (Phi) is 4.82. The monoisotopic (exact) mass is 320 g/mol. The van der Waals surface area contributed by atoms with E-state index < -0.39 is 21.7 Å². The maximum Gasteiger partial charge on any atom is 0.303 e. The highest BCUT2D eigenvalue weighted by Gasteiger charge is 2.24. The van der Waals surface area contributed by atoms with Gasteiger partial charge in [-0.25, -0.2) is 8.42 Å². The summed E-state index contributed by atoms with van der Waals surface area (Å²) in [7, 11) is -3.64. The molecule has 0 heterocycles. The van der Waals surface area contributed by atoms with Gasteiger partial charge in [0.05, 0.1) is 17.1 Å². The first-order valence-electron chi connectivity index (χ1n) is 6.67. The lowest BCUT2D eigenvalue weighted by Crippen LogP contribution is -2.18. The lowest BCUT2D eigenvalue weighted by Gasteiger charge is -2.15. The Morgan fingerprint density at radius 2 is 1.59 bits per heavy atom. The van der Waals surface area contributed by atoms with E-state index in [0.29, 0.717) is 5.56 Å². The molecule has 0 spiro atoms. The fourth-order valence-corrected chi connectivity index (χ4v) is 3.81. The largest absolute Gasteiger partial charge is 0.508 e. The Hall–Kier alpha value is -2.34. The zero-order valence-corrected chi connectivity index (χ0v) is 12.5. The van der Waals surface area contributed by atoms with Crippen LogP contribution in [0.4, 0.5) is 0 Å². The number of hydrogen-bond acceptors (Lipinski definition) is 4. The molecular formula is C16H16O5S. The van der Waals surface area contributed by atoms with Gasteiger partial charge < -0.3 is 10.2 Å². The van der Waals surface area contributed by atoms with Gasteiger partial charge in [-0.3, -0.25) is 4.79 Å². The van der Waals surface area contributed by atoms with Crippen molar-refractivity contribution in [2.75, 3.05) is 5.75 Å². The number of hydrogen-bond donors (Lipinski definition) is 2. The zero-order valence-electron chi connectivity index (χ0n) is 11.7. The Labute approximate surface area is 128 Å². The predicted molar refractivity (Wildman–Crippen MR) is 81.6 cm³/mol. The van der Waals surface area contributed by atoms with Crippen LogP contribution in [-0.2, 0) is 14.6 Å². The zero-order chi connectivity index (χ0) is 16.2. The molecule has 6 heteroatoms. The third kappa shape index (κ3) is 4.08. The molecule has 0 amide bonds. The molecule has 2 aromatic rings. The van der Waals surface area contributed by atoms with Crippen LogP contribution in [0.25, 0.3) is 0 Å². The van der Waals surface area contributed by atoms with Gasteiger partial charge in [0, 0.05) is 5.92 Å². The van der Waals surface area contributed by atoms with E-state index in [4.69, 9.17) is 5.11 Å². The first-order chi connectivity index (χ1) is 10.4. The molecule has 0 bridgehead atoms. The molecule has 0 aromatic heterocycles. The number of sulfone groups is 1. The lowest BCUT2D eigenvalue weighted by molar-refractivity contribution is -0.137. The fraction of sp³-hybridized carbons (Fsp3) is 0.188. The van der Waals surface area contributed by atoms with Gasteiger partial charge >= 0.3 is 5.97 Å². The van der Waals surface area contributed by atoms with Crippen molar-refractivity contribution >= 4 is 15.8 Å². The Morgan fingerprint density at radius 3 is 2.14 bits per heavy atom. The smallest absolute Gasteiger partial charge is 0.303 e. The summed E-state index contributed by atoms with van der Waals surface area (Å²) in [5.74, 6) is -2.00. The highest BCUT2D eigenvalue weighted by Crippen LogP contribution is 2.25. The van der Waals surface area contributed by atoms with E-state index in [-0.39, 0.29) is 22.8 Å². The van der Waals surface area contributed by atoms with Gasteiger partial charge in [-0.05, 0) is 29.8 Å². The van der Waals surface area contributed by atoms with E-state index in [2.05, 4.69) is 0 Å². The Bertz CT molecular complexity index is 736. The summed E-state index contributed by atoms with van der Waals surface area (Å²) in [6.07, 6.45) is -0.263. The summed E-state index contributed by atoms with van der Waals surface area (Å²) in [5.41, 5.74) is 0.673. The number of rotatable bonds is 6. The minimum atomic E-state index is -3.64. The summed E-state index contributed by atoms with van der Waals surface area (Å²) < 4.78 is 24.9. The second-order valence-corrected chi connectivity index (χ2v) is 7.02. The van der Waals surface area contributed by atoms with Crippen LogP contribution < -0.4 is 0 Å². The molecule has 1 atom stereocenters. The first kappa shape index (κ1) is 16.0. The van der Waals surface area contributed by atoms with Crippen LogP contribution in [-0.4, -0.2) is 30.4 Å².